The van der Waals surface area contributed by atoms with Crippen molar-refractivity contribution in [2.45, 2.75) is 0 Å². The number of carbonyl (C=O) groups excluding carboxylic acids is 1. The smallest absolute Gasteiger partial charge is 0.285 e. The number of hydrogen-bond acceptors (Lipinski definition) is 5. The van der Waals surface area contributed by atoms with E-state index in [-0.39, 0.29) is 11.3 Å². The summed E-state index contributed by atoms with van der Waals surface area (Å²) in [7, 11) is 1.20. The first-order valence-electron chi connectivity index (χ1n) is 3.98. The molecule has 0 amide bonds. The zero-order valence-electron chi connectivity index (χ0n) is 8.06. The molecule has 82 valence electrons. The number of halogens is 1. The molecule has 16 heavy (non-hydrogen) atoms. The minimum atomic E-state index is -1.04. The summed E-state index contributed by atoms with van der Waals surface area (Å²) >= 11 is 5.23. The second kappa shape index (κ2) is 4.59. The average molecular weight is 241 g/mol. The maximum Gasteiger partial charge on any atom is 0.285 e. The van der Waals surface area contributed by atoms with Gasteiger partial charge < -0.3 is 4.74 Å². The second-order valence-corrected chi connectivity index (χ2v) is 3.03. The Kier molecular flexibility index (Phi) is 3.43. The monoisotopic (exact) mass is 240 g/mol. The highest BCUT2D eigenvalue weighted by Crippen LogP contribution is 2.32. The van der Waals surface area contributed by atoms with Crippen molar-refractivity contribution < 1.29 is 14.5 Å². The Morgan fingerprint density at radius 2 is 2.25 bits per heavy atom. The highest BCUT2D eigenvalue weighted by atomic mass is 35.5. The van der Waals surface area contributed by atoms with Crippen LogP contribution in [0, 0.1) is 21.4 Å². The molecule has 0 radical (unpaired) electrons. The van der Waals surface area contributed by atoms with E-state index in [2.05, 4.69) is 0 Å². The standard InChI is InChI=1S/C9H5ClN2O4/c1-16-8-5(4-11)2-3-6(12(14)15)7(8)9(10)13/h2-3H,1H3. The van der Waals surface area contributed by atoms with Gasteiger partial charge in [0.1, 0.15) is 6.07 Å². The number of methoxy groups -OCH3 is 1. The Labute approximate surface area is 95.2 Å². The van der Waals surface area contributed by atoms with Crippen LogP contribution >= 0.6 is 11.6 Å². The molecule has 0 aliphatic rings. The van der Waals surface area contributed by atoms with Gasteiger partial charge in [-0.3, -0.25) is 14.9 Å². The van der Waals surface area contributed by atoms with Crippen molar-refractivity contribution in [3.05, 3.63) is 33.4 Å². The third-order valence-electron chi connectivity index (χ3n) is 1.85. The molecule has 0 fully saturated rings. The molecule has 0 atom stereocenters. The van der Waals surface area contributed by atoms with Gasteiger partial charge in [-0.25, -0.2) is 0 Å². The van der Waals surface area contributed by atoms with E-state index in [1.54, 1.807) is 6.07 Å². The minimum absolute atomic E-state index is 0.0112. The summed E-state index contributed by atoms with van der Waals surface area (Å²) < 4.78 is 4.79. The maximum atomic E-state index is 11.1. The van der Waals surface area contributed by atoms with Gasteiger partial charge in [-0.05, 0) is 17.7 Å². The lowest BCUT2D eigenvalue weighted by molar-refractivity contribution is -0.385. The number of carbonyl (C=O) groups is 1. The molecule has 0 N–H and O–H groups in total. The number of benzene rings is 1. The first-order chi connectivity index (χ1) is 7.52. The summed E-state index contributed by atoms with van der Waals surface area (Å²) in [6.07, 6.45) is 0. The van der Waals surface area contributed by atoms with E-state index in [1.807, 2.05) is 0 Å². The molecule has 0 unspecified atom stereocenters. The third kappa shape index (κ3) is 1.94. The number of nitrogens with zero attached hydrogens (tertiary/aromatic N) is 2. The average Bonchev–Trinajstić information content (AvgIpc) is 2.26. The Bertz CT molecular complexity index is 507. The summed E-state index contributed by atoms with van der Waals surface area (Å²) in [5.74, 6) is -0.184. The van der Waals surface area contributed by atoms with Crippen LogP contribution in [0.1, 0.15) is 15.9 Å². The molecule has 0 heterocycles. The minimum Gasteiger partial charge on any atom is -0.494 e. The van der Waals surface area contributed by atoms with Crippen LogP contribution in [0.2, 0.25) is 0 Å². The van der Waals surface area contributed by atoms with Gasteiger partial charge in [0.2, 0.25) is 0 Å². The molecular formula is C9H5ClN2O4. The number of ether oxygens (including phenoxy) is 1. The first kappa shape index (κ1) is 11.9. The zero-order chi connectivity index (χ0) is 12.3. The molecule has 0 saturated heterocycles. The van der Waals surface area contributed by atoms with Crippen LogP contribution in [-0.4, -0.2) is 17.3 Å². The van der Waals surface area contributed by atoms with Crippen LogP contribution in [-0.2, 0) is 0 Å². The Hall–Kier alpha value is -2.13. The van der Waals surface area contributed by atoms with E-state index in [0.29, 0.717) is 0 Å². The summed E-state index contributed by atoms with van der Waals surface area (Å²) in [5, 5.41) is 18.3. The molecule has 0 saturated carbocycles. The molecule has 1 aromatic carbocycles. The van der Waals surface area contributed by atoms with Crippen LogP contribution in [0.25, 0.3) is 0 Å². The Morgan fingerprint density at radius 1 is 1.62 bits per heavy atom. The lowest BCUT2D eigenvalue weighted by atomic mass is 10.1. The van der Waals surface area contributed by atoms with Gasteiger partial charge >= 0.3 is 0 Å². The van der Waals surface area contributed by atoms with Crippen LogP contribution in [0.15, 0.2) is 12.1 Å². The summed E-state index contributed by atoms with van der Waals surface area (Å²) in [6, 6.07) is 3.98. The lowest BCUT2D eigenvalue weighted by Crippen LogP contribution is -2.03. The predicted molar refractivity (Wildman–Crippen MR) is 54.5 cm³/mol. The molecule has 6 nitrogen and oxygen atoms in total. The van der Waals surface area contributed by atoms with E-state index in [1.165, 1.54) is 13.2 Å². The maximum absolute atomic E-state index is 11.1. The molecule has 0 spiro atoms. The Balaban J connectivity index is 3.65. The predicted octanol–water partition coefficient (Wildman–Crippen LogP) is 1.85. The zero-order valence-corrected chi connectivity index (χ0v) is 8.82. The van der Waals surface area contributed by atoms with Gasteiger partial charge in [0, 0.05) is 6.07 Å². The number of nitro groups is 1. The largest absolute Gasteiger partial charge is 0.494 e. The van der Waals surface area contributed by atoms with Gasteiger partial charge in [0.15, 0.2) is 11.3 Å². The number of hydrogen-bond donors (Lipinski definition) is 0. The normalized spacial score (nSPS) is 9.31. The molecule has 1 rings (SSSR count). The SMILES string of the molecule is COc1c(C#N)ccc([N+](=O)[O-])c1C(=O)Cl. The van der Waals surface area contributed by atoms with Gasteiger partial charge in [-0.2, -0.15) is 5.26 Å². The van der Waals surface area contributed by atoms with Crippen LogP contribution in [0.5, 0.6) is 5.75 Å². The molecule has 0 aliphatic heterocycles. The number of rotatable bonds is 3. The van der Waals surface area contributed by atoms with Crippen molar-refractivity contribution in [2.75, 3.05) is 7.11 Å². The highest BCUT2D eigenvalue weighted by Gasteiger charge is 2.26. The quantitative estimate of drug-likeness (QED) is 0.457. The number of nitro benzene ring substituents is 1. The van der Waals surface area contributed by atoms with Crippen LogP contribution in [0.3, 0.4) is 0 Å². The molecule has 0 bridgehead atoms. The highest BCUT2D eigenvalue weighted by molar-refractivity contribution is 6.68. The van der Waals surface area contributed by atoms with Gasteiger partial charge in [-0.1, -0.05) is 0 Å². The fraction of sp³-hybridized carbons (Fsp3) is 0.111. The summed E-state index contributed by atoms with van der Waals surface area (Å²) in [4.78, 5) is 21.0. The second-order valence-electron chi connectivity index (χ2n) is 2.68. The molecule has 7 heteroatoms. The third-order valence-corrected chi connectivity index (χ3v) is 2.04. The van der Waals surface area contributed by atoms with E-state index in [0.717, 1.165) is 6.07 Å². The van der Waals surface area contributed by atoms with E-state index in [9.17, 15) is 14.9 Å². The molecule has 1 aromatic rings. The van der Waals surface area contributed by atoms with Crippen LogP contribution in [0.4, 0.5) is 5.69 Å². The Morgan fingerprint density at radius 3 is 2.62 bits per heavy atom. The van der Waals surface area contributed by atoms with Crippen molar-refractivity contribution in [3.63, 3.8) is 0 Å². The van der Waals surface area contributed by atoms with Crippen molar-refractivity contribution in [2.24, 2.45) is 0 Å². The van der Waals surface area contributed by atoms with E-state index < -0.39 is 21.4 Å². The fourth-order valence-electron chi connectivity index (χ4n) is 1.21. The van der Waals surface area contributed by atoms with Crippen molar-refractivity contribution >= 4 is 22.5 Å². The van der Waals surface area contributed by atoms with Gasteiger partial charge in [0.25, 0.3) is 10.9 Å². The van der Waals surface area contributed by atoms with Gasteiger partial charge in [0.05, 0.1) is 17.6 Å². The molecule has 0 aliphatic carbocycles. The van der Waals surface area contributed by atoms with Crippen molar-refractivity contribution in [1.29, 1.82) is 5.26 Å². The van der Waals surface area contributed by atoms with Crippen molar-refractivity contribution in [1.82, 2.24) is 0 Å². The van der Waals surface area contributed by atoms with Crippen LogP contribution < -0.4 is 4.74 Å². The van der Waals surface area contributed by atoms with Gasteiger partial charge in [-0.15, -0.1) is 0 Å². The van der Waals surface area contributed by atoms with E-state index >= 15 is 0 Å². The topological polar surface area (TPSA) is 93.2 Å². The van der Waals surface area contributed by atoms with E-state index in [4.69, 9.17) is 21.6 Å². The first-order valence-corrected chi connectivity index (χ1v) is 4.36. The summed E-state index contributed by atoms with van der Waals surface area (Å²) in [5.41, 5.74) is -0.888. The molecule has 0 aromatic heterocycles. The number of nitriles is 1. The lowest BCUT2D eigenvalue weighted by Gasteiger charge is -2.06. The fourth-order valence-corrected chi connectivity index (χ4v) is 1.40. The molecular weight excluding hydrogens is 236 g/mol. The summed E-state index contributed by atoms with van der Waals surface area (Å²) in [6.45, 7) is 0. The van der Waals surface area contributed by atoms with Crippen molar-refractivity contribution in [3.8, 4) is 11.8 Å².